The highest BCUT2D eigenvalue weighted by Gasteiger charge is 2.31. The fraction of sp³-hybridized carbons (Fsp3) is 0.385. The molecule has 1 aliphatic heterocycles. The second kappa shape index (κ2) is 4.99. The van der Waals surface area contributed by atoms with Crippen LogP contribution in [0.3, 0.4) is 0 Å². The molecule has 2 unspecified atom stereocenters. The number of nitrogens with zero attached hydrogens (tertiary/aromatic N) is 3. The van der Waals surface area contributed by atoms with E-state index in [9.17, 15) is 0 Å². The average molecular weight is 259 g/mol. The molecule has 2 atom stereocenters. The van der Waals surface area contributed by atoms with Gasteiger partial charge in [-0.2, -0.15) is 0 Å². The van der Waals surface area contributed by atoms with Gasteiger partial charge in [0, 0.05) is 13.0 Å². The molecule has 0 saturated carbocycles. The number of hydrogen-bond acceptors (Lipinski definition) is 5. The third kappa shape index (κ3) is 2.09. The van der Waals surface area contributed by atoms with Gasteiger partial charge in [0.2, 0.25) is 0 Å². The molecule has 6 nitrogen and oxygen atoms in total. The Labute approximate surface area is 111 Å². The fourth-order valence-electron chi connectivity index (χ4n) is 2.70. The van der Waals surface area contributed by atoms with Crippen LogP contribution in [0.5, 0.6) is 5.75 Å². The first-order valence-electron chi connectivity index (χ1n) is 6.33. The molecule has 3 rings (SSSR count). The third-order valence-corrected chi connectivity index (χ3v) is 3.65. The van der Waals surface area contributed by atoms with Gasteiger partial charge in [0.15, 0.2) is 0 Å². The smallest absolute Gasteiger partial charge is 0.122 e. The van der Waals surface area contributed by atoms with E-state index in [0.29, 0.717) is 6.61 Å². The summed E-state index contributed by atoms with van der Waals surface area (Å²) in [5.41, 5.74) is 5.05. The van der Waals surface area contributed by atoms with Crippen LogP contribution in [0.2, 0.25) is 0 Å². The molecule has 0 amide bonds. The van der Waals surface area contributed by atoms with Crippen molar-refractivity contribution in [2.24, 2.45) is 12.9 Å². The predicted octanol–water partition coefficient (Wildman–Crippen LogP) is 0.886. The summed E-state index contributed by atoms with van der Waals surface area (Å²) in [7, 11) is 1.87. The minimum absolute atomic E-state index is 0.0231. The van der Waals surface area contributed by atoms with E-state index >= 15 is 0 Å². The van der Waals surface area contributed by atoms with E-state index in [0.717, 1.165) is 17.9 Å². The zero-order valence-electron chi connectivity index (χ0n) is 10.8. The molecular formula is C13H17N5O. The molecule has 1 aliphatic rings. The van der Waals surface area contributed by atoms with Crippen molar-refractivity contribution in [3.8, 4) is 5.75 Å². The number of nitrogens with one attached hydrogen (secondary N) is 1. The van der Waals surface area contributed by atoms with Gasteiger partial charge >= 0.3 is 0 Å². The van der Waals surface area contributed by atoms with Gasteiger partial charge in [-0.15, -0.1) is 5.10 Å². The second-order valence-electron chi connectivity index (χ2n) is 4.71. The van der Waals surface area contributed by atoms with Crippen molar-refractivity contribution in [2.75, 3.05) is 6.61 Å². The number of para-hydroxylation sites is 1. The van der Waals surface area contributed by atoms with E-state index in [2.05, 4.69) is 21.8 Å². The predicted molar refractivity (Wildman–Crippen MR) is 70.4 cm³/mol. The van der Waals surface area contributed by atoms with Gasteiger partial charge in [0.1, 0.15) is 5.75 Å². The molecule has 2 heterocycles. The summed E-state index contributed by atoms with van der Waals surface area (Å²) in [5, 5.41) is 7.90. The molecule has 19 heavy (non-hydrogen) atoms. The van der Waals surface area contributed by atoms with E-state index in [-0.39, 0.29) is 12.0 Å². The van der Waals surface area contributed by atoms with Gasteiger partial charge in [0.25, 0.3) is 0 Å². The van der Waals surface area contributed by atoms with Crippen molar-refractivity contribution in [3.05, 3.63) is 41.7 Å². The summed E-state index contributed by atoms with van der Waals surface area (Å²) in [5.74, 6) is 6.96. The van der Waals surface area contributed by atoms with Crippen LogP contribution in [0.4, 0.5) is 0 Å². The lowest BCUT2D eigenvalue weighted by Gasteiger charge is -2.31. The van der Waals surface area contributed by atoms with Gasteiger partial charge in [-0.3, -0.25) is 16.0 Å². The van der Waals surface area contributed by atoms with Crippen LogP contribution in [0.25, 0.3) is 0 Å². The normalized spacial score (nSPS) is 19.6. The number of fused-ring (bicyclic) bond motifs is 1. The number of hydrazine groups is 1. The lowest BCUT2D eigenvalue weighted by molar-refractivity contribution is 0.243. The molecule has 0 saturated heterocycles. The van der Waals surface area contributed by atoms with E-state index < -0.39 is 0 Å². The van der Waals surface area contributed by atoms with Gasteiger partial charge in [-0.05, 0) is 18.1 Å². The number of ether oxygens (including phenoxy) is 1. The van der Waals surface area contributed by atoms with Gasteiger partial charge in [0.05, 0.1) is 24.5 Å². The average Bonchev–Trinajstić information content (AvgIpc) is 2.86. The quantitative estimate of drug-likeness (QED) is 0.632. The van der Waals surface area contributed by atoms with E-state index in [4.69, 9.17) is 10.6 Å². The zero-order chi connectivity index (χ0) is 13.2. The Morgan fingerprint density at radius 1 is 1.47 bits per heavy atom. The topological polar surface area (TPSA) is 78.0 Å². The van der Waals surface area contributed by atoms with Crippen LogP contribution in [-0.4, -0.2) is 21.6 Å². The number of nitrogens with two attached hydrogens (primary N) is 1. The first-order valence-corrected chi connectivity index (χ1v) is 6.33. The van der Waals surface area contributed by atoms with Crippen LogP contribution in [0.1, 0.15) is 29.6 Å². The summed E-state index contributed by atoms with van der Waals surface area (Å²) in [4.78, 5) is 0. The molecule has 1 aromatic heterocycles. The molecule has 2 aromatic rings. The van der Waals surface area contributed by atoms with Crippen molar-refractivity contribution < 1.29 is 4.74 Å². The Balaban J connectivity index is 2.00. The minimum Gasteiger partial charge on any atom is -0.493 e. The molecule has 0 bridgehead atoms. The Morgan fingerprint density at radius 2 is 2.32 bits per heavy atom. The molecule has 6 heteroatoms. The number of hydrogen-bond donors (Lipinski definition) is 2. The summed E-state index contributed by atoms with van der Waals surface area (Å²) in [6.07, 6.45) is 2.67. The van der Waals surface area contributed by atoms with Crippen LogP contribution < -0.4 is 16.0 Å². The SMILES string of the molecule is Cn1nncc1C(NN)C1CCOc2ccccc21. The maximum atomic E-state index is 5.76. The Bertz CT molecular complexity index is 568. The van der Waals surface area contributed by atoms with Crippen molar-refractivity contribution >= 4 is 0 Å². The molecular weight excluding hydrogens is 242 g/mol. The van der Waals surface area contributed by atoms with Gasteiger partial charge in [-0.25, -0.2) is 0 Å². The highest BCUT2D eigenvalue weighted by Crippen LogP contribution is 2.40. The van der Waals surface area contributed by atoms with E-state index in [1.165, 1.54) is 5.56 Å². The zero-order valence-corrected chi connectivity index (χ0v) is 10.8. The van der Waals surface area contributed by atoms with Gasteiger partial charge in [-0.1, -0.05) is 23.4 Å². The Kier molecular flexibility index (Phi) is 3.18. The molecule has 100 valence electrons. The molecule has 0 fully saturated rings. The monoisotopic (exact) mass is 259 g/mol. The first kappa shape index (κ1) is 12.1. The lowest BCUT2D eigenvalue weighted by Crippen LogP contribution is -2.35. The largest absolute Gasteiger partial charge is 0.493 e. The van der Waals surface area contributed by atoms with Crippen LogP contribution in [-0.2, 0) is 7.05 Å². The van der Waals surface area contributed by atoms with E-state index in [1.54, 1.807) is 10.9 Å². The number of aromatic nitrogens is 3. The number of benzene rings is 1. The minimum atomic E-state index is -0.0231. The maximum absolute atomic E-state index is 5.76. The maximum Gasteiger partial charge on any atom is 0.122 e. The van der Waals surface area contributed by atoms with Gasteiger partial charge < -0.3 is 4.74 Å². The Morgan fingerprint density at radius 3 is 3.05 bits per heavy atom. The summed E-state index contributed by atoms with van der Waals surface area (Å²) in [6.45, 7) is 0.700. The third-order valence-electron chi connectivity index (χ3n) is 3.65. The summed E-state index contributed by atoms with van der Waals surface area (Å²) < 4.78 is 7.44. The van der Waals surface area contributed by atoms with Crippen molar-refractivity contribution in [1.82, 2.24) is 20.4 Å². The van der Waals surface area contributed by atoms with Crippen molar-refractivity contribution in [1.29, 1.82) is 0 Å². The highest BCUT2D eigenvalue weighted by atomic mass is 16.5. The molecule has 1 aromatic carbocycles. The standard InChI is InChI=1S/C13H17N5O/c1-18-11(8-15-17-18)13(16-14)10-6-7-19-12-5-3-2-4-9(10)12/h2-5,8,10,13,16H,6-7,14H2,1H3. The summed E-state index contributed by atoms with van der Waals surface area (Å²) >= 11 is 0. The van der Waals surface area contributed by atoms with Crippen molar-refractivity contribution in [2.45, 2.75) is 18.4 Å². The highest BCUT2D eigenvalue weighted by molar-refractivity contribution is 5.39. The van der Waals surface area contributed by atoms with E-state index in [1.807, 2.05) is 25.2 Å². The van der Waals surface area contributed by atoms with Crippen LogP contribution >= 0.6 is 0 Å². The lowest BCUT2D eigenvalue weighted by atomic mass is 9.85. The Hall–Kier alpha value is -1.92. The number of rotatable bonds is 3. The molecule has 0 spiro atoms. The molecule has 0 aliphatic carbocycles. The summed E-state index contributed by atoms with van der Waals surface area (Å²) in [6, 6.07) is 8.07. The van der Waals surface area contributed by atoms with Crippen LogP contribution in [0, 0.1) is 0 Å². The molecule has 3 N–H and O–H groups in total. The van der Waals surface area contributed by atoms with Crippen molar-refractivity contribution in [3.63, 3.8) is 0 Å². The van der Waals surface area contributed by atoms with Crippen LogP contribution in [0.15, 0.2) is 30.5 Å². The first-order chi connectivity index (χ1) is 9.31. The second-order valence-corrected chi connectivity index (χ2v) is 4.71. The number of aryl methyl sites for hydroxylation is 1. The fourth-order valence-corrected chi connectivity index (χ4v) is 2.70. The molecule has 0 radical (unpaired) electrons.